The van der Waals surface area contributed by atoms with Crippen molar-refractivity contribution in [2.45, 2.75) is 85.3 Å². The van der Waals surface area contributed by atoms with Crippen molar-refractivity contribution >= 4 is 40.8 Å². The summed E-state index contributed by atoms with van der Waals surface area (Å²) in [5, 5.41) is 11.0. The molecule has 202 valence electrons. The van der Waals surface area contributed by atoms with Crippen molar-refractivity contribution in [1.29, 1.82) is 5.26 Å². The van der Waals surface area contributed by atoms with Crippen molar-refractivity contribution in [2.24, 2.45) is 0 Å². The van der Waals surface area contributed by atoms with Gasteiger partial charge in [0.25, 0.3) is 0 Å². The Morgan fingerprint density at radius 1 is 0.974 bits per heavy atom. The van der Waals surface area contributed by atoms with Crippen LogP contribution in [0.4, 0.5) is 15.4 Å². The topological polar surface area (TPSA) is 97.5 Å². The second kappa shape index (κ2) is 10.3. The largest absolute Gasteiger partial charge is 0.443 e. The normalized spacial score (nSPS) is 11.8. The number of hydrogen-bond donors (Lipinski definition) is 0. The van der Waals surface area contributed by atoms with E-state index < -0.39 is 23.4 Å². The van der Waals surface area contributed by atoms with E-state index in [1.807, 2.05) is 52.1 Å². The average molecular weight is 537 g/mol. The molecule has 0 fully saturated rings. The maximum Gasteiger partial charge on any atom is 0.425 e. The number of nitrogens with zero attached hydrogens (tertiary/aromatic N) is 4. The van der Waals surface area contributed by atoms with Crippen molar-refractivity contribution in [2.75, 3.05) is 11.2 Å². The smallest absolute Gasteiger partial charge is 0.425 e. The Kier molecular flexibility index (Phi) is 7.90. The number of carbonyl (C=O) groups excluding carboxylic acids is 2. The molecule has 0 aliphatic rings. The molecule has 8 nitrogen and oxygen atoms in total. The van der Waals surface area contributed by atoms with Crippen LogP contribution < -0.4 is 4.90 Å². The van der Waals surface area contributed by atoms with Crippen LogP contribution in [0.1, 0.15) is 69.5 Å². The number of carbonyl (C=O) groups is 2. The van der Waals surface area contributed by atoms with Crippen molar-refractivity contribution in [3.05, 3.63) is 46.1 Å². The highest BCUT2D eigenvalue weighted by atomic mass is 32.2. The summed E-state index contributed by atoms with van der Waals surface area (Å²) in [5.41, 5.74) is 2.96. The zero-order valence-corrected chi connectivity index (χ0v) is 24.9. The molecule has 2 heterocycles. The van der Waals surface area contributed by atoms with E-state index in [4.69, 9.17) is 14.5 Å². The van der Waals surface area contributed by atoms with E-state index in [2.05, 4.69) is 6.07 Å². The summed E-state index contributed by atoms with van der Waals surface area (Å²) in [7, 11) is 0. The summed E-state index contributed by atoms with van der Waals surface area (Å²) in [4.78, 5) is 34.1. The summed E-state index contributed by atoms with van der Waals surface area (Å²) in [5.74, 6) is 0.0351. The van der Waals surface area contributed by atoms with Gasteiger partial charge in [-0.1, -0.05) is 6.07 Å². The fourth-order valence-corrected chi connectivity index (χ4v) is 4.77. The molecule has 0 aliphatic carbocycles. The minimum atomic E-state index is -0.947. The van der Waals surface area contributed by atoms with Gasteiger partial charge < -0.3 is 9.47 Å². The van der Waals surface area contributed by atoms with Gasteiger partial charge in [-0.15, -0.1) is 11.8 Å². The number of aromatic nitrogens is 2. The van der Waals surface area contributed by atoms with Gasteiger partial charge in [0.05, 0.1) is 5.69 Å². The Labute approximate surface area is 228 Å². The number of pyridine rings is 1. The number of imide groups is 1. The number of amides is 2. The lowest BCUT2D eigenvalue weighted by Crippen LogP contribution is -2.45. The first-order chi connectivity index (χ1) is 17.5. The average Bonchev–Trinajstić information content (AvgIpc) is 3.04. The molecule has 3 rings (SSSR count). The fourth-order valence-electron chi connectivity index (χ4n) is 4.16. The van der Waals surface area contributed by atoms with E-state index in [1.54, 1.807) is 57.9 Å². The van der Waals surface area contributed by atoms with Gasteiger partial charge in [-0.3, -0.25) is 4.57 Å². The van der Waals surface area contributed by atoms with Gasteiger partial charge in [0.15, 0.2) is 5.82 Å². The number of ether oxygens (including phenoxy) is 2. The van der Waals surface area contributed by atoms with Crippen LogP contribution in [0.15, 0.2) is 23.1 Å². The Morgan fingerprint density at radius 2 is 1.53 bits per heavy atom. The van der Waals surface area contributed by atoms with Crippen LogP contribution in [0.5, 0.6) is 0 Å². The van der Waals surface area contributed by atoms with Gasteiger partial charge in [0.2, 0.25) is 0 Å². The highest BCUT2D eigenvalue weighted by Gasteiger charge is 2.39. The Hall–Kier alpha value is -3.51. The molecule has 1 aromatic carbocycles. The number of rotatable bonds is 3. The Balaban J connectivity index is 2.57. The second-order valence-corrected chi connectivity index (χ2v) is 12.1. The van der Waals surface area contributed by atoms with Crippen LogP contribution in [0.2, 0.25) is 0 Å². The van der Waals surface area contributed by atoms with E-state index >= 15 is 0 Å². The SMILES string of the molecule is CSc1ccc(C)c(-n2c(N(C(=O)OC(C)(C)C)C(=O)OC(C)(C)C)c(C#N)c3cc(C)c(C)nc32)c1C. The third kappa shape index (κ3) is 5.65. The van der Waals surface area contributed by atoms with Crippen LogP contribution in [-0.2, 0) is 9.47 Å². The zero-order chi connectivity index (χ0) is 28.7. The van der Waals surface area contributed by atoms with Crippen LogP contribution in [0, 0.1) is 39.0 Å². The van der Waals surface area contributed by atoms with Crippen LogP contribution in [0.3, 0.4) is 0 Å². The Morgan fingerprint density at radius 3 is 2.00 bits per heavy atom. The highest BCUT2D eigenvalue weighted by molar-refractivity contribution is 7.98. The van der Waals surface area contributed by atoms with Crippen molar-refractivity contribution in [1.82, 2.24) is 9.55 Å². The molecule has 0 bridgehead atoms. The summed E-state index contributed by atoms with van der Waals surface area (Å²) in [6, 6.07) is 8.10. The van der Waals surface area contributed by atoms with Crippen LogP contribution in [0.25, 0.3) is 16.7 Å². The molecule has 2 amide bonds. The van der Waals surface area contributed by atoms with E-state index in [9.17, 15) is 14.9 Å². The molecule has 2 aromatic heterocycles. The summed E-state index contributed by atoms with van der Waals surface area (Å²) < 4.78 is 13.1. The van der Waals surface area contributed by atoms with Gasteiger partial charge in [-0.25, -0.2) is 14.6 Å². The monoisotopic (exact) mass is 536 g/mol. The quantitative estimate of drug-likeness (QED) is 0.319. The number of nitriles is 1. The van der Waals surface area contributed by atoms with Crippen LogP contribution >= 0.6 is 11.8 Å². The first-order valence-corrected chi connectivity index (χ1v) is 13.6. The molecule has 38 heavy (non-hydrogen) atoms. The Bertz CT molecular complexity index is 1440. The molecular weight excluding hydrogens is 500 g/mol. The molecule has 3 aromatic rings. The van der Waals surface area contributed by atoms with Crippen molar-refractivity contribution < 1.29 is 19.1 Å². The predicted octanol–water partition coefficient (Wildman–Crippen LogP) is 7.53. The molecule has 0 atom stereocenters. The second-order valence-electron chi connectivity index (χ2n) is 11.3. The van der Waals surface area contributed by atoms with Gasteiger partial charge in [-0.2, -0.15) is 10.2 Å². The third-order valence-corrected chi connectivity index (χ3v) is 6.75. The molecule has 0 aliphatic heterocycles. The molecule has 0 N–H and O–H groups in total. The number of anilines is 1. The van der Waals surface area contributed by atoms with Crippen molar-refractivity contribution in [3.63, 3.8) is 0 Å². The number of fused-ring (bicyclic) bond motifs is 1. The third-order valence-electron chi connectivity index (χ3n) is 5.86. The minimum Gasteiger partial charge on any atom is -0.443 e. The van der Waals surface area contributed by atoms with E-state index in [-0.39, 0.29) is 11.4 Å². The maximum atomic E-state index is 13.7. The highest BCUT2D eigenvalue weighted by Crippen LogP contribution is 2.40. The lowest BCUT2D eigenvalue weighted by molar-refractivity contribution is 0.0428. The predicted molar refractivity (Wildman–Crippen MR) is 151 cm³/mol. The van der Waals surface area contributed by atoms with E-state index in [0.717, 1.165) is 37.9 Å². The fraction of sp³-hybridized carbons (Fsp3) is 0.448. The first kappa shape index (κ1) is 29.1. The minimum absolute atomic E-state index is 0.0351. The van der Waals surface area contributed by atoms with Gasteiger partial charge in [-0.05, 0) is 104 Å². The lowest BCUT2D eigenvalue weighted by atomic mass is 10.1. The van der Waals surface area contributed by atoms with Crippen LogP contribution in [-0.4, -0.2) is 39.2 Å². The molecule has 0 saturated carbocycles. The van der Waals surface area contributed by atoms with Gasteiger partial charge >= 0.3 is 12.2 Å². The van der Waals surface area contributed by atoms with E-state index in [0.29, 0.717) is 11.0 Å². The summed E-state index contributed by atoms with van der Waals surface area (Å²) in [6.45, 7) is 18.0. The zero-order valence-electron chi connectivity index (χ0n) is 24.1. The van der Waals surface area contributed by atoms with Gasteiger partial charge in [0, 0.05) is 16.0 Å². The molecule has 0 unspecified atom stereocenters. The number of aryl methyl sites for hydroxylation is 3. The summed E-state index contributed by atoms with van der Waals surface area (Å²) >= 11 is 1.58. The molecule has 9 heteroatoms. The first-order valence-electron chi connectivity index (χ1n) is 12.3. The molecule has 0 radical (unpaired) electrons. The molecule has 0 saturated heterocycles. The number of hydrogen-bond acceptors (Lipinski definition) is 7. The standard InChI is InChI=1S/C29H36N4O4S/c1-16-12-13-22(38-11)18(3)23(16)32-24-20(14-17(2)19(4)31-24)21(15-30)25(32)33(26(34)36-28(5,6)7)27(35)37-29(8,9)10/h12-14H,1-11H3. The summed E-state index contributed by atoms with van der Waals surface area (Å²) in [6.07, 6.45) is 0.0881. The molecular formula is C29H36N4O4S. The van der Waals surface area contributed by atoms with E-state index in [1.165, 1.54) is 0 Å². The lowest BCUT2D eigenvalue weighted by Gasteiger charge is -2.29. The molecule has 0 spiro atoms. The number of benzene rings is 1. The van der Waals surface area contributed by atoms with Gasteiger partial charge in [0.1, 0.15) is 28.5 Å². The number of thioether (sulfide) groups is 1. The maximum absolute atomic E-state index is 13.7. The van der Waals surface area contributed by atoms with Crippen molar-refractivity contribution in [3.8, 4) is 11.8 Å².